The number of hydrogen-bond donors (Lipinski definition) is 1. The molecule has 1 fully saturated rings. The van der Waals surface area contributed by atoms with Crippen LogP contribution in [0.15, 0.2) is 35.4 Å². The van der Waals surface area contributed by atoms with Gasteiger partial charge in [0.2, 0.25) is 5.91 Å². The highest BCUT2D eigenvalue weighted by Crippen LogP contribution is 2.44. The van der Waals surface area contributed by atoms with E-state index in [1.807, 2.05) is 20.8 Å². The monoisotopic (exact) mass is 546 g/mol. The molecule has 1 unspecified atom stereocenters. The molecule has 1 amide bonds. The molecule has 0 saturated heterocycles. The summed E-state index contributed by atoms with van der Waals surface area (Å²) in [5.74, 6) is 0.288. The van der Waals surface area contributed by atoms with Crippen LogP contribution in [0.5, 0.6) is 0 Å². The van der Waals surface area contributed by atoms with Crippen molar-refractivity contribution in [3.63, 3.8) is 0 Å². The Kier molecular flexibility index (Phi) is 7.07. The molecular formula is C27H33F3N4O3Si. The molecule has 0 bridgehead atoms. The molecule has 3 aromatic rings. The van der Waals surface area contributed by atoms with E-state index in [1.165, 1.54) is 16.8 Å². The number of carbonyl (C=O) groups excluding carboxylic acids is 1. The van der Waals surface area contributed by atoms with Crippen LogP contribution >= 0.6 is 0 Å². The number of anilines is 1. The van der Waals surface area contributed by atoms with E-state index >= 15 is 0 Å². The summed E-state index contributed by atoms with van der Waals surface area (Å²) in [5.41, 5.74) is 1.19. The maximum absolute atomic E-state index is 14.1. The van der Waals surface area contributed by atoms with E-state index in [4.69, 9.17) is 4.43 Å². The standard InChI is InChI=1S/C27H33F3N4O3Si/c1-15-10-20(23(27(28,29)30)37-38(6,7)26(2,3)4)31-14-19(15)18-11-17-13-32-22(33-24(35)16-8-9-16)12-21(17)34(5)25(18)36/h10-14,16,23H,8-9H2,1-7H3,(H,32,33,35). The number of aryl methyl sites for hydroxylation is 2. The molecule has 3 heterocycles. The number of carbonyl (C=O) groups is 1. The summed E-state index contributed by atoms with van der Waals surface area (Å²) in [4.78, 5) is 33.8. The van der Waals surface area contributed by atoms with Crippen molar-refractivity contribution in [1.82, 2.24) is 14.5 Å². The molecule has 4 rings (SSSR count). The van der Waals surface area contributed by atoms with E-state index < -0.39 is 25.6 Å². The molecule has 1 atom stereocenters. The zero-order chi connectivity index (χ0) is 28.2. The van der Waals surface area contributed by atoms with Crippen LogP contribution in [0.25, 0.3) is 22.0 Å². The minimum absolute atomic E-state index is 0.0151. The lowest BCUT2D eigenvalue weighted by Crippen LogP contribution is -2.44. The molecule has 7 nitrogen and oxygen atoms in total. The van der Waals surface area contributed by atoms with Crippen molar-refractivity contribution in [2.75, 3.05) is 5.32 Å². The van der Waals surface area contributed by atoms with Crippen molar-refractivity contribution in [2.24, 2.45) is 13.0 Å². The fourth-order valence-electron chi connectivity index (χ4n) is 3.97. The van der Waals surface area contributed by atoms with Crippen LogP contribution in [0.4, 0.5) is 19.0 Å². The van der Waals surface area contributed by atoms with Gasteiger partial charge in [0.1, 0.15) is 5.82 Å². The summed E-state index contributed by atoms with van der Waals surface area (Å²) in [6.45, 7) is 10.8. The molecule has 38 heavy (non-hydrogen) atoms. The summed E-state index contributed by atoms with van der Waals surface area (Å²) >= 11 is 0. The second kappa shape index (κ2) is 9.60. The number of nitrogens with one attached hydrogen (secondary N) is 1. The number of rotatable bonds is 6. The number of amides is 1. The van der Waals surface area contributed by atoms with E-state index in [0.717, 1.165) is 12.8 Å². The highest BCUT2D eigenvalue weighted by molar-refractivity contribution is 6.74. The summed E-state index contributed by atoms with van der Waals surface area (Å²) in [5, 5.41) is 3.00. The predicted octanol–water partition coefficient (Wildman–Crippen LogP) is 6.28. The van der Waals surface area contributed by atoms with Gasteiger partial charge in [-0.15, -0.1) is 0 Å². The first-order valence-corrected chi connectivity index (χ1v) is 15.4. The molecule has 11 heteroatoms. The van der Waals surface area contributed by atoms with Gasteiger partial charge in [0, 0.05) is 47.9 Å². The molecular weight excluding hydrogens is 513 g/mol. The van der Waals surface area contributed by atoms with Crippen LogP contribution in [-0.2, 0) is 16.3 Å². The average Bonchev–Trinajstić information content (AvgIpc) is 3.65. The van der Waals surface area contributed by atoms with E-state index in [1.54, 1.807) is 45.4 Å². The SMILES string of the molecule is Cc1cc(C(O[Si](C)(C)C(C)(C)C)C(F)(F)F)ncc1-c1cc2cnc(NC(=O)C3CC3)cc2n(C)c1=O. The first-order chi connectivity index (χ1) is 17.5. The highest BCUT2D eigenvalue weighted by Gasteiger charge is 2.49. The lowest BCUT2D eigenvalue weighted by Gasteiger charge is -2.39. The first-order valence-electron chi connectivity index (χ1n) is 12.5. The van der Waals surface area contributed by atoms with Crippen LogP contribution in [0.2, 0.25) is 18.1 Å². The smallest absolute Gasteiger partial charge is 0.401 e. The Bertz CT molecular complexity index is 1460. The van der Waals surface area contributed by atoms with Crippen LogP contribution < -0.4 is 10.9 Å². The Balaban J connectivity index is 1.71. The van der Waals surface area contributed by atoms with Gasteiger partial charge in [-0.05, 0) is 55.6 Å². The van der Waals surface area contributed by atoms with Crippen molar-refractivity contribution < 1.29 is 22.4 Å². The third-order valence-electron chi connectivity index (χ3n) is 7.51. The summed E-state index contributed by atoms with van der Waals surface area (Å²) in [6.07, 6.45) is -2.22. The molecule has 0 aromatic carbocycles. The number of hydrogen-bond acceptors (Lipinski definition) is 5. The van der Waals surface area contributed by atoms with Crippen molar-refractivity contribution in [1.29, 1.82) is 0 Å². The minimum atomic E-state index is -4.64. The molecule has 1 aliphatic rings. The van der Waals surface area contributed by atoms with E-state index in [9.17, 15) is 22.8 Å². The molecule has 1 aliphatic carbocycles. The predicted molar refractivity (Wildman–Crippen MR) is 143 cm³/mol. The third-order valence-corrected chi connectivity index (χ3v) is 12.0. The Hall–Kier alpha value is -3.05. The number of alkyl halides is 3. The van der Waals surface area contributed by atoms with E-state index in [0.29, 0.717) is 33.4 Å². The average molecular weight is 547 g/mol. The van der Waals surface area contributed by atoms with Gasteiger partial charge in [0.25, 0.3) is 5.56 Å². The number of aromatic nitrogens is 3. The molecule has 1 saturated carbocycles. The van der Waals surface area contributed by atoms with Crippen molar-refractivity contribution >= 4 is 30.9 Å². The lowest BCUT2D eigenvalue weighted by atomic mass is 10.0. The fourth-order valence-corrected chi connectivity index (χ4v) is 5.17. The normalized spacial score (nSPS) is 15.5. The Morgan fingerprint density at radius 1 is 1.11 bits per heavy atom. The number of nitrogens with zero attached hydrogens (tertiary/aromatic N) is 3. The second-order valence-corrected chi connectivity index (χ2v) is 16.3. The Morgan fingerprint density at radius 3 is 2.32 bits per heavy atom. The summed E-state index contributed by atoms with van der Waals surface area (Å²) in [6, 6.07) is 4.63. The van der Waals surface area contributed by atoms with Crippen molar-refractivity contribution in [3.8, 4) is 11.1 Å². The van der Waals surface area contributed by atoms with Gasteiger partial charge in [0.15, 0.2) is 14.4 Å². The largest absolute Gasteiger partial charge is 0.419 e. The van der Waals surface area contributed by atoms with Crippen LogP contribution in [0.1, 0.15) is 51.0 Å². The van der Waals surface area contributed by atoms with Gasteiger partial charge in [-0.1, -0.05) is 20.8 Å². The highest BCUT2D eigenvalue weighted by atomic mass is 28.4. The van der Waals surface area contributed by atoms with Gasteiger partial charge in [-0.3, -0.25) is 14.6 Å². The maximum atomic E-state index is 14.1. The fraction of sp³-hybridized carbons (Fsp3) is 0.481. The van der Waals surface area contributed by atoms with Crippen molar-refractivity contribution in [2.45, 2.75) is 70.9 Å². The Morgan fingerprint density at radius 2 is 1.76 bits per heavy atom. The molecule has 0 aliphatic heterocycles. The second-order valence-electron chi connectivity index (χ2n) is 11.5. The van der Waals surface area contributed by atoms with Gasteiger partial charge >= 0.3 is 6.18 Å². The minimum Gasteiger partial charge on any atom is -0.401 e. The van der Waals surface area contributed by atoms with E-state index in [-0.39, 0.29) is 23.1 Å². The van der Waals surface area contributed by atoms with Crippen LogP contribution in [0.3, 0.4) is 0 Å². The molecule has 3 aromatic heterocycles. The summed E-state index contributed by atoms with van der Waals surface area (Å²) in [7, 11) is -1.17. The zero-order valence-corrected chi connectivity index (χ0v) is 23.7. The number of pyridine rings is 3. The molecule has 204 valence electrons. The van der Waals surface area contributed by atoms with Crippen molar-refractivity contribution in [3.05, 3.63) is 52.2 Å². The molecule has 0 spiro atoms. The topological polar surface area (TPSA) is 86.1 Å². The van der Waals surface area contributed by atoms with Gasteiger partial charge < -0.3 is 14.3 Å². The third kappa shape index (κ3) is 5.53. The molecule has 0 radical (unpaired) electrons. The zero-order valence-electron chi connectivity index (χ0n) is 22.7. The molecule has 1 N–H and O–H groups in total. The Labute approximate surface area is 220 Å². The van der Waals surface area contributed by atoms with E-state index in [2.05, 4.69) is 15.3 Å². The van der Waals surface area contributed by atoms with Gasteiger partial charge in [0.05, 0.1) is 11.2 Å². The number of halogens is 3. The maximum Gasteiger partial charge on any atom is 0.419 e. The van der Waals surface area contributed by atoms with Crippen LogP contribution in [0, 0.1) is 12.8 Å². The van der Waals surface area contributed by atoms with Gasteiger partial charge in [-0.25, -0.2) is 4.98 Å². The lowest BCUT2D eigenvalue weighted by molar-refractivity contribution is -0.202. The van der Waals surface area contributed by atoms with Crippen LogP contribution in [-0.4, -0.2) is 34.9 Å². The first kappa shape index (κ1) is 28.0. The quantitative estimate of drug-likeness (QED) is 0.368. The van der Waals surface area contributed by atoms with Gasteiger partial charge in [-0.2, -0.15) is 13.2 Å². The number of fused-ring (bicyclic) bond motifs is 1. The summed E-state index contributed by atoms with van der Waals surface area (Å²) < 4.78 is 49.5.